The van der Waals surface area contributed by atoms with Gasteiger partial charge in [-0.05, 0) is 42.1 Å². The van der Waals surface area contributed by atoms with Crippen molar-refractivity contribution in [3.63, 3.8) is 0 Å². The molecule has 2 aromatic heterocycles. The number of nitrogens with zero attached hydrogens (tertiary/aromatic N) is 2. The molecule has 1 amide bonds. The van der Waals surface area contributed by atoms with Gasteiger partial charge < -0.3 is 5.32 Å². The standard InChI is InChI=1S/C22H18FN3O2S2/c23-17-8-2-4-10-19(17)24-20(27)14-30-22-25-18-9-3-1-7-16(18)21(28)26(22)12-11-15-6-5-13-29-15/h1-10,13H,11-12,14H2,(H,24,27). The van der Waals surface area contributed by atoms with Crippen molar-refractivity contribution in [1.82, 2.24) is 9.55 Å². The van der Waals surface area contributed by atoms with E-state index < -0.39 is 5.82 Å². The van der Waals surface area contributed by atoms with Gasteiger partial charge in [-0.25, -0.2) is 9.37 Å². The lowest BCUT2D eigenvalue weighted by Crippen LogP contribution is -2.25. The molecule has 0 spiro atoms. The Labute approximate surface area is 180 Å². The van der Waals surface area contributed by atoms with Gasteiger partial charge >= 0.3 is 0 Å². The fourth-order valence-corrected chi connectivity index (χ4v) is 4.53. The molecule has 30 heavy (non-hydrogen) atoms. The average Bonchev–Trinajstić information content (AvgIpc) is 3.27. The first kappa shape index (κ1) is 20.3. The van der Waals surface area contributed by atoms with E-state index in [-0.39, 0.29) is 22.9 Å². The number of rotatable bonds is 7. The maximum Gasteiger partial charge on any atom is 0.262 e. The number of anilines is 1. The van der Waals surface area contributed by atoms with Gasteiger partial charge in [0.2, 0.25) is 5.91 Å². The van der Waals surface area contributed by atoms with Crippen molar-refractivity contribution in [2.75, 3.05) is 11.1 Å². The van der Waals surface area contributed by atoms with Gasteiger partial charge in [-0.2, -0.15) is 0 Å². The molecule has 0 saturated heterocycles. The minimum Gasteiger partial charge on any atom is -0.323 e. The largest absolute Gasteiger partial charge is 0.323 e. The molecule has 152 valence electrons. The van der Waals surface area contributed by atoms with Crippen LogP contribution in [-0.2, 0) is 17.8 Å². The number of aryl methyl sites for hydroxylation is 1. The van der Waals surface area contributed by atoms with E-state index in [9.17, 15) is 14.0 Å². The summed E-state index contributed by atoms with van der Waals surface area (Å²) in [5, 5.41) is 5.57. The van der Waals surface area contributed by atoms with Crippen molar-refractivity contribution >= 4 is 45.6 Å². The van der Waals surface area contributed by atoms with Crippen molar-refractivity contribution in [3.8, 4) is 0 Å². The van der Waals surface area contributed by atoms with Crippen molar-refractivity contribution in [3.05, 3.63) is 87.1 Å². The van der Waals surface area contributed by atoms with Crippen molar-refractivity contribution in [2.45, 2.75) is 18.1 Å². The fraction of sp³-hybridized carbons (Fsp3) is 0.136. The van der Waals surface area contributed by atoms with Gasteiger partial charge in [0.25, 0.3) is 5.56 Å². The first-order valence-electron chi connectivity index (χ1n) is 9.31. The summed E-state index contributed by atoms with van der Waals surface area (Å²) in [5.41, 5.74) is 0.589. The number of aromatic nitrogens is 2. The average molecular weight is 440 g/mol. The number of nitrogens with one attached hydrogen (secondary N) is 1. The van der Waals surface area contributed by atoms with Crippen LogP contribution in [0.4, 0.5) is 10.1 Å². The number of para-hydroxylation sites is 2. The second kappa shape index (κ2) is 9.23. The van der Waals surface area contributed by atoms with Crippen LogP contribution >= 0.6 is 23.1 Å². The number of hydrogen-bond donors (Lipinski definition) is 1. The number of amides is 1. The Hall–Kier alpha value is -2.97. The Bertz CT molecular complexity index is 1240. The third-order valence-electron chi connectivity index (χ3n) is 4.47. The molecule has 4 rings (SSSR count). The first-order valence-corrected chi connectivity index (χ1v) is 11.2. The molecule has 0 aliphatic heterocycles. The van der Waals surface area contributed by atoms with Crippen LogP contribution < -0.4 is 10.9 Å². The number of fused-ring (bicyclic) bond motifs is 1. The molecular formula is C22H18FN3O2S2. The summed E-state index contributed by atoms with van der Waals surface area (Å²) in [7, 11) is 0. The van der Waals surface area contributed by atoms with E-state index >= 15 is 0 Å². The predicted octanol–water partition coefficient (Wildman–Crippen LogP) is 4.57. The molecule has 0 atom stereocenters. The number of hydrogen-bond acceptors (Lipinski definition) is 5. The second-order valence-corrected chi connectivity index (χ2v) is 8.49. The van der Waals surface area contributed by atoms with E-state index in [0.717, 1.165) is 0 Å². The Morgan fingerprint density at radius 3 is 2.70 bits per heavy atom. The van der Waals surface area contributed by atoms with Gasteiger partial charge in [0.05, 0.1) is 22.3 Å². The van der Waals surface area contributed by atoms with Gasteiger partial charge in [-0.3, -0.25) is 14.2 Å². The van der Waals surface area contributed by atoms with Crippen LogP contribution in [0.5, 0.6) is 0 Å². The Morgan fingerprint density at radius 2 is 1.90 bits per heavy atom. The van der Waals surface area contributed by atoms with Crippen molar-refractivity contribution in [1.29, 1.82) is 0 Å². The molecular weight excluding hydrogens is 421 g/mol. The minimum atomic E-state index is -0.493. The molecule has 5 nitrogen and oxygen atoms in total. The lowest BCUT2D eigenvalue weighted by atomic mass is 10.2. The maximum absolute atomic E-state index is 13.8. The highest BCUT2D eigenvalue weighted by Crippen LogP contribution is 2.20. The monoisotopic (exact) mass is 439 g/mol. The molecule has 0 saturated carbocycles. The van der Waals surface area contributed by atoms with Crippen molar-refractivity contribution < 1.29 is 9.18 Å². The summed E-state index contributed by atoms with van der Waals surface area (Å²) in [6, 6.07) is 17.2. The third-order valence-corrected chi connectivity index (χ3v) is 6.38. The lowest BCUT2D eigenvalue weighted by molar-refractivity contribution is -0.113. The number of halogens is 1. The number of carbonyl (C=O) groups excluding carboxylic acids is 1. The van der Waals surface area contributed by atoms with E-state index in [1.807, 2.05) is 29.6 Å². The lowest BCUT2D eigenvalue weighted by Gasteiger charge is -2.13. The summed E-state index contributed by atoms with van der Waals surface area (Å²) < 4.78 is 15.4. The molecule has 4 aromatic rings. The van der Waals surface area contributed by atoms with Crippen LogP contribution in [0.2, 0.25) is 0 Å². The normalized spacial score (nSPS) is 11.0. The number of thioether (sulfide) groups is 1. The number of carbonyl (C=O) groups is 1. The highest BCUT2D eigenvalue weighted by molar-refractivity contribution is 7.99. The van der Waals surface area contributed by atoms with Crippen molar-refractivity contribution in [2.24, 2.45) is 0 Å². The first-order chi connectivity index (χ1) is 14.6. The SMILES string of the molecule is O=C(CSc1nc2ccccc2c(=O)n1CCc1cccs1)Nc1ccccc1F. The Balaban J connectivity index is 1.56. The second-order valence-electron chi connectivity index (χ2n) is 6.51. The maximum atomic E-state index is 13.8. The summed E-state index contributed by atoms with van der Waals surface area (Å²) in [6.07, 6.45) is 0.701. The van der Waals surface area contributed by atoms with Gasteiger partial charge in [-0.15, -0.1) is 11.3 Å². The smallest absolute Gasteiger partial charge is 0.262 e. The van der Waals surface area contributed by atoms with E-state index in [1.165, 1.54) is 28.8 Å². The van der Waals surface area contributed by atoms with Crippen LogP contribution in [0.3, 0.4) is 0 Å². The van der Waals surface area contributed by atoms with Gasteiger partial charge in [0.1, 0.15) is 5.82 Å². The number of thiophene rings is 1. The van der Waals surface area contributed by atoms with Crippen LogP contribution in [0.1, 0.15) is 4.88 Å². The summed E-state index contributed by atoms with van der Waals surface area (Å²) in [4.78, 5) is 31.2. The van der Waals surface area contributed by atoms with Gasteiger partial charge in [0.15, 0.2) is 5.16 Å². The summed E-state index contributed by atoms with van der Waals surface area (Å²) >= 11 is 2.80. The highest BCUT2D eigenvalue weighted by atomic mass is 32.2. The van der Waals surface area contributed by atoms with E-state index in [2.05, 4.69) is 10.3 Å². The minimum absolute atomic E-state index is 0.0120. The van der Waals surface area contributed by atoms with Gasteiger partial charge in [0, 0.05) is 11.4 Å². The van der Waals surface area contributed by atoms with E-state index in [1.54, 1.807) is 40.2 Å². The van der Waals surface area contributed by atoms with Gasteiger partial charge in [-0.1, -0.05) is 42.1 Å². The molecule has 0 aliphatic carbocycles. The summed E-state index contributed by atoms with van der Waals surface area (Å²) in [5.74, 6) is -0.845. The molecule has 0 radical (unpaired) electrons. The molecule has 1 N–H and O–H groups in total. The van der Waals surface area contributed by atoms with Crippen LogP contribution in [0.15, 0.2) is 76.0 Å². The zero-order chi connectivity index (χ0) is 20.9. The molecule has 8 heteroatoms. The Morgan fingerprint density at radius 1 is 1.10 bits per heavy atom. The fourth-order valence-electron chi connectivity index (χ4n) is 3.01. The van der Waals surface area contributed by atoms with Crippen LogP contribution in [0, 0.1) is 5.82 Å². The van der Waals surface area contributed by atoms with Crippen LogP contribution in [0.25, 0.3) is 10.9 Å². The molecule has 2 heterocycles. The zero-order valence-electron chi connectivity index (χ0n) is 15.9. The van der Waals surface area contributed by atoms with E-state index in [4.69, 9.17) is 0 Å². The van der Waals surface area contributed by atoms with E-state index in [0.29, 0.717) is 29.0 Å². The molecule has 0 bridgehead atoms. The third kappa shape index (κ3) is 4.60. The molecule has 2 aromatic carbocycles. The highest BCUT2D eigenvalue weighted by Gasteiger charge is 2.14. The number of benzene rings is 2. The topological polar surface area (TPSA) is 64.0 Å². The molecule has 0 aliphatic rings. The zero-order valence-corrected chi connectivity index (χ0v) is 17.5. The predicted molar refractivity (Wildman–Crippen MR) is 120 cm³/mol. The Kier molecular flexibility index (Phi) is 6.25. The quantitative estimate of drug-likeness (QED) is 0.338. The molecule has 0 fully saturated rings. The van der Waals surface area contributed by atoms with Crippen LogP contribution in [-0.4, -0.2) is 21.2 Å². The molecule has 0 unspecified atom stereocenters. The summed E-state index contributed by atoms with van der Waals surface area (Å²) in [6.45, 7) is 0.467.